The van der Waals surface area contributed by atoms with Crippen LogP contribution in [0.1, 0.15) is 20.1 Å². The second-order valence-electron chi connectivity index (χ2n) is 9.39. The Labute approximate surface area is 246 Å². The summed E-state index contributed by atoms with van der Waals surface area (Å²) >= 11 is 8.82. The molecule has 2 N–H and O–H groups in total. The van der Waals surface area contributed by atoms with E-state index < -0.39 is 30.6 Å². The Balaban J connectivity index is 1.43. The number of carbonyl (C=O) groups is 1. The van der Waals surface area contributed by atoms with Gasteiger partial charge in [-0.3, -0.25) is 9.78 Å². The smallest absolute Gasteiger partial charge is 0.282 e. The van der Waals surface area contributed by atoms with E-state index in [1.807, 2.05) is 13.2 Å². The summed E-state index contributed by atoms with van der Waals surface area (Å²) in [6.45, 7) is 0.707. The molecule has 4 aromatic rings. The summed E-state index contributed by atoms with van der Waals surface area (Å²) in [5, 5.41) is 3.30. The minimum atomic E-state index is -2.79. The topological polar surface area (TPSA) is 66.5 Å². The summed E-state index contributed by atoms with van der Waals surface area (Å²) in [6, 6.07) is 11.4. The number of ether oxygens (including phenoxy) is 1. The normalized spacial score (nSPS) is 14.0. The first kappa shape index (κ1) is 29.0. The summed E-state index contributed by atoms with van der Waals surface area (Å²) < 4.78 is 63.5. The number of aryl methyl sites for hydroxylation is 1. The first-order valence-electron chi connectivity index (χ1n) is 12.2. The van der Waals surface area contributed by atoms with Gasteiger partial charge in [-0.15, -0.1) is 11.3 Å². The summed E-state index contributed by atoms with van der Waals surface area (Å²) in [5.74, 6) is -4.44. The molecule has 2 aromatic carbocycles. The number of aromatic nitrogens is 1. The van der Waals surface area contributed by atoms with Crippen LogP contribution in [0, 0.1) is 18.6 Å². The maximum Gasteiger partial charge on any atom is 0.282 e. The van der Waals surface area contributed by atoms with Crippen LogP contribution in [0.4, 0.5) is 34.6 Å². The molecule has 1 fully saturated rings. The standard InChI is InChI=1S/C28H23ClF4N4O2S2/c1-15-23(10-25(41-15)27(38)35-20-5-17(29)6-21(8-20)36-40-2)26-24(39-12-16-3-18(30)7-19(31)4-16)9-22(11-34-26)37-13-28(32,33)14-37/h3-11,36H,12-14H2,1-2H3,(H,35,38). The van der Waals surface area contributed by atoms with Gasteiger partial charge in [-0.1, -0.05) is 23.5 Å². The number of anilines is 3. The van der Waals surface area contributed by atoms with E-state index in [1.54, 1.807) is 30.3 Å². The van der Waals surface area contributed by atoms with Gasteiger partial charge in [-0.05, 0) is 48.9 Å². The first-order valence-corrected chi connectivity index (χ1v) is 14.6. The lowest BCUT2D eigenvalue weighted by Gasteiger charge is -2.40. The molecule has 1 saturated heterocycles. The highest BCUT2D eigenvalue weighted by Gasteiger charge is 2.44. The fourth-order valence-electron chi connectivity index (χ4n) is 4.33. The van der Waals surface area contributed by atoms with E-state index in [0.717, 1.165) is 28.8 Å². The number of amides is 1. The van der Waals surface area contributed by atoms with Crippen molar-refractivity contribution in [2.75, 3.05) is 34.3 Å². The minimum absolute atomic E-state index is 0.194. The van der Waals surface area contributed by atoms with E-state index in [4.69, 9.17) is 16.3 Å². The van der Waals surface area contributed by atoms with Crippen molar-refractivity contribution in [2.45, 2.75) is 19.5 Å². The number of nitrogens with one attached hydrogen (secondary N) is 2. The van der Waals surface area contributed by atoms with Gasteiger partial charge in [0, 0.05) is 45.2 Å². The van der Waals surface area contributed by atoms with Crippen molar-refractivity contribution in [1.29, 1.82) is 0 Å². The number of halogens is 5. The van der Waals surface area contributed by atoms with Gasteiger partial charge in [0.1, 0.15) is 29.7 Å². The summed E-state index contributed by atoms with van der Waals surface area (Å²) in [6.07, 6.45) is 3.32. The SMILES string of the molecule is CSNc1cc(Cl)cc(NC(=O)c2cc(-c3ncc(N4CC(F)(F)C4)cc3OCc3cc(F)cc(F)c3)c(C)s2)c1. The lowest BCUT2D eigenvalue weighted by atomic mass is 10.1. The predicted molar refractivity (Wildman–Crippen MR) is 157 cm³/mol. The maximum absolute atomic E-state index is 13.7. The molecule has 214 valence electrons. The third-order valence-electron chi connectivity index (χ3n) is 6.14. The monoisotopic (exact) mass is 622 g/mol. The number of rotatable bonds is 9. The van der Waals surface area contributed by atoms with Crippen LogP contribution in [0.15, 0.2) is 54.7 Å². The van der Waals surface area contributed by atoms with Crippen molar-refractivity contribution in [1.82, 2.24) is 4.98 Å². The van der Waals surface area contributed by atoms with Crippen LogP contribution in [0.2, 0.25) is 5.02 Å². The molecule has 1 amide bonds. The lowest BCUT2D eigenvalue weighted by Crippen LogP contribution is -2.56. The minimum Gasteiger partial charge on any atom is -0.487 e. The average Bonchev–Trinajstić information content (AvgIpc) is 3.26. The predicted octanol–water partition coefficient (Wildman–Crippen LogP) is 8.03. The molecule has 0 aliphatic carbocycles. The van der Waals surface area contributed by atoms with E-state index in [-0.39, 0.29) is 23.8 Å². The zero-order valence-corrected chi connectivity index (χ0v) is 24.1. The van der Waals surface area contributed by atoms with E-state index in [2.05, 4.69) is 15.0 Å². The number of thiophene rings is 1. The number of nitrogens with zero attached hydrogens (tertiary/aromatic N) is 2. The molecule has 0 unspecified atom stereocenters. The highest BCUT2D eigenvalue weighted by Crippen LogP contribution is 2.40. The molecule has 13 heteroatoms. The fraction of sp³-hybridized carbons (Fsp3) is 0.214. The van der Waals surface area contributed by atoms with Gasteiger partial charge in [0.2, 0.25) is 0 Å². The molecule has 1 aliphatic rings. The second-order valence-corrected chi connectivity index (χ2v) is 11.7. The number of hydrogen-bond donors (Lipinski definition) is 2. The molecule has 0 spiro atoms. The van der Waals surface area contributed by atoms with Gasteiger partial charge in [0.05, 0.1) is 29.9 Å². The Morgan fingerprint density at radius 1 is 1.10 bits per heavy atom. The quantitative estimate of drug-likeness (QED) is 0.146. The zero-order chi connectivity index (χ0) is 29.3. The molecule has 3 heterocycles. The van der Waals surface area contributed by atoms with Crippen molar-refractivity contribution >= 4 is 57.9 Å². The summed E-state index contributed by atoms with van der Waals surface area (Å²) in [4.78, 5) is 20.2. The van der Waals surface area contributed by atoms with Crippen molar-refractivity contribution in [3.05, 3.63) is 86.7 Å². The molecule has 0 radical (unpaired) electrons. The average molecular weight is 623 g/mol. The summed E-state index contributed by atoms with van der Waals surface area (Å²) in [7, 11) is 0. The van der Waals surface area contributed by atoms with Crippen molar-refractivity contribution in [3.8, 4) is 17.0 Å². The fourth-order valence-corrected chi connectivity index (χ4v) is 5.83. The lowest BCUT2D eigenvalue weighted by molar-refractivity contribution is -0.0263. The maximum atomic E-state index is 13.7. The third kappa shape index (κ3) is 6.88. The van der Waals surface area contributed by atoms with Crippen LogP contribution in [0.5, 0.6) is 5.75 Å². The third-order valence-corrected chi connectivity index (χ3v) is 7.84. The number of carbonyl (C=O) groups excluding carboxylic acids is 1. The highest BCUT2D eigenvalue weighted by molar-refractivity contribution is 7.99. The number of benzene rings is 2. The van der Waals surface area contributed by atoms with Crippen molar-refractivity contribution < 1.29 is 27.1 Å². The highest BCUT2D eigenvalue weighted by atomic mass is 35.5. The van der Waals surface area contributed by atoms with E-state index in [0.29, 0.717) is 32.5 Å². The van der Waals surface area contributed by atoms with Gasteiger partial charge >= 0.3 is 0 Å². The van der Waals surface area contributed by atoms with Crippen LogP contribution < -0.4 is 19.7 Å². The molecule has 5 rings (SSSR count). The zero-order valence-electron chi connectivity index (χ0n) is 21.7. The van der Waals surface area contributed by atoms with Gasteiger partial charge in [-0.25, -0.2) is 17.6 Å². The van der Waals surface area contributed by atoms with E-state index >= 15 is 0 Å². The van der Waals surface area contributed by atoms with Gasteiger partial charge < -0.3 is 19.7 Å². The number of alkyl halides is 2. The Morgan fingerprint density at radius 2 is 1.80 bits per heavy atom. The molecule has 0 atom stereocenters. The first-order chi connectivity index (χ1) is 19.5. The van der Waals surface area contributed by atoms with Gasteiger partial charge in [0.25, 0.3) is 11.8 Å². The Morgan fingerprint density at radius 3 is 2.49 bits per heavy atom. The van der Waals surface area contributed by atoms with Gasteiger partial charge in [-0.2, -0.15) is 0 Å². The molecule has 6 nitrogen and oxygen atoms in total. The molecular formula is C28H23ClF4N4O2S2. The number of hydrogen-bond acceptors (Lipinski definition) is 7. The van der Waals surface area contributed by atoms with Crippen LogP contribution in [0.25, 0.3) is 11.3 Å². The Hall–Kier alpha value is -3.48. The second kappa shape index (κ2) is 11.8. The number of pyridine rings is 1. The van der Waals surface area contributed by atoms with Gasteiger partial charge in [0.15, 0.2) is 0 Å². The van der Waals surface area contributed by atoms with Crippen molar-refractivity contribution in [3.63, 3.8) is 0 Å². The van der Waals surface area contributed by atoms with Crippen LogP contribution in [-0.4, -0.2) is 36.2 Å². The Bertz CT molecular complexity index is 1590. The van der Waals surface area contributed by atoms with Crippen LogP contribution in [0.3, 0.4) is 0 Å². The van der Waals surface area contributed by atoms with Crippen LogP contribution in [-0.2, 0) is 6.61 Å². The molecule has 1 aliphatic heterocycles. The molecule has 0 bridgehead atoms. The van der Waals surface area contributed by atoms with E-state index in [9.17, 15) is 22.4 Å². The molecule has 2 aromatic heterocycles. The van der Waals surface area contributed by atoms with Crippen LogP contribution >= 0.6 is 34.9 Å². The van der Waals surface area contributed by atoms with Crippen molar-refractivity contribution in [2.24, 2.45) is 0 Å². The largest absolute Gasteiger partial charge is 0.487 e. The molecular weight excluding hydrogens is 600 g/mol. The van der Waals surface area contributed by atoms with E-state index in [1.165, 1.54) is 34.4 Å². The molecule has 41 heavy (non-hydrogen) atoms. The Kier molecular flexibility index (Phi) is 8.35. The summed E-state index contributed by atoms with van der Waals surface area (Å²) in [5.41, 5.74) is 2.85. The molecule has 0 saturated carbocycles.